The van der Waals surface area contributed by atoms with E-state index in [1.54, 1.807) is 0 Å². The van der Waals surface area contributed by atoms with Crippen LogP contribution in [0, 0.1) is 13.8 Å². The molecule has 4 heteroatoms. The number of rotatable bonds is 4. The molecule has 0 bridgehead atoms. The molecule has 0 spiro atoms. The van der Waals surface area contributed by atoms with Crippen molar-refractivity contribution in [3.8, 4) is 0 Å². The summed E-state index contributed by atoms with van der Waals surface area (Å²) in [5, 5.41) is 3.37. The van der Waals surface area contributed by atoms with Gasteiger partial charge in [0.15, 0.2) is 0 Å². The van der Waals surface area contributed by atoms with E-state index in [1.807, 2.05) is 4.90 Å². The molecule has 0 aliphatic carbocycles. The van der Waals surface area contributed by atoms with E-state index in [9.17, 15) is 4.79 Å². The lowest BCUT2D eigenvalue weighted by Crippen LogP contribution is -2.47. The van der Waals surface area contributed by atoms with Crippen LogP contribution in [0.2, 0.25) is 0 Å². The van der Waals surface area contributed by atoms with E-state index in [4.69, 9.17) is 0 Å². The first kappa shape index (κ1) is 14.9. The Morgan fingerprint density at radius 1 is 1.20 bits per heavy atom. The fourth-order valence-corrected chi connectivity index (χ4v) is 2.44. The van der Waals surface area contributed by atoms with Gasteiger partial charge in [-0.2, -0.15) is 0 Å². The Hall–Kier alpha value is -1.55. The van der Waals surface area contributed by atoms with E-state index in [0.29, 0.717) is 13.0 Å². The van der Waals surface area contributed by atoms with Crippen LogP contribution in [-0.2, 0) is 4.79 Å². The first-order chi connectivity index (χ1) is 9.56. The summed E-state index contributed by atoms with van der Waals surface area (Å²) in [7, 11) is 2.10. The Morgan fingerprint density at radius 3 is 2.60 bits per heavy atom. The van der Waals surface area contributed by atoms with Crippen LogP contribution in [0.15, 0.2) is 18.2 Å². The second-order valence-electron chi connectivity index (χ2n) is 5.68. The van der Waals surface area contributed by atoms with Crippen LogP contribution in [0.4, 0.5) is 5.69 Å². The summed E-state index contributed by atoms with van der Waals surface area (Å²) in [5.74, 6) is 0.260. The molecular formula is C16H25N3O. The number of benzene rings is 1. The number of carbonyl (C=O) groups excluding carboxylic acids is 1. The van der Waals surface area contributed by atoms with Gasteiger partial charge in [0, 0.05) is 44.8 Å². The van der Waals surface area contributed by atoms with Crippen molar-refractivity contribution in [3.05, 3.63) is 29.3 Å². The Morgan fingerprint density at radius 2 is 1.90 bits per heavy atom. The van der Waals surface area contributed by atoms with Crippen LogP contribution < -0.4 is 5.32 Å². The van der Waals surface area contributed by atoms with Gasteiger partial charge in [-0.15, -0.1) is 0 Å². The normalized spacial score (nSPS) is 16.2. The Kier molecular flexibility index (Phi) is 5.01. The van der Waals surface area contributed by atoms with E-state index in [2.05, 4.69) is 49.3 Å². The maximum absolute atomic E-state index is 12.1. The van der Waals surface area contributed by atoms with Crippen molar-refractivity contribution in [3.63, 3.8) is 0 Å². The molecule has 0 aromatic heterocycles. The standard InChI is InChI=1S/C16H25N3O/c1-13-4-5-14(2)15(12-13)17-7-6-16(20)19-10-8-18(3)9-11-19/h4-5,12,17H,6-11H2,1-3H3. The highest BCUT2D eigenvalue weighted by atomic mass is 16.2. The summed E-state index contributed by atoms with van der Waals surface area (Å²) < 4.78 is 0. The summed E-state index contributed by atoms with van der Waals surface area (Å²) in [6.07, 6.45) is 0.567. The average Bonchev–Trinajstić information content (AvgIpc) is 2.43. The molecule has 0 atom stereocenters. The van der Waals surface area contributed by atoms with Gasteiger partial charge in [0.25, 0.3) is 0 Å². The van der Waals surface area contributed by atoms with Crippen molar-refractivity contribution in [2.75, 3.05) is 45.1 Å². The van der Waals surface area contributed by atoms with Crippen molar-refractivity contribution < 1.29 is 4.79 Å². The molecule has 1 amide bonds. The minimum Gasteiger partial charge on any atom is -0.384 e. The van der Waals surface area contributed by atoms with Gasteiger partial charge in [0.05, 0.1) is 0 Å². The molecule has 0 saturated carbocycles. The summed E-state index contributed by atoms with van der Waals surface area (Å²) in [6.45, 7) is 8.56. The fraction of sp³-hybridized carbons (Fsp3) is 0.562. The van der Waals surface area contributed by atoms with Crippen molar-refractivity contribution in [1.82, 2.24) is 9.80 Å². The molecule has 0 radical (unpaired) electrons. The van der Waals surface area contributed by atoms with E-state index < -0.39 is 0 Å². The molecule has 1 aromatic rings. The van der Waals surface area contributed by atoms with E-state index in [0.717, 1.165) is 31.9 Å². The van der Waals surface area contributed by atoms with Crippen molar-refractivity contribution >= 4 is 11.6 Å². The lowest BCUT2D eigenvalue weighted by atomic mass is 10.1. The number of hydrogen-bond donors (Lipinski definition) is 1. The quantitative estimate of drug-likeness (QED) is 0.911. The zero-order valence-corrected chi connectivity index (χ0v) is 12.8. The van der Waals surface area contributed by atoms with Crippen molar-refractivity contribution in [2.24, 2.45) is 0 Å². The smallest absolute Gasteiger partial charge is 0.224 e. The van der Waals surface area contributed by atoms with Crippen LogP contribution in [0.3, 0.4) is 0 Å². The molecule has 0 unspecified atom stereocenters. The third kappa shape index (κ3) is 3.97. The number of carbonyl (C=O) groups is 1. The predicted octanol–water partition coefficient (Wildman–Crippen LogP) is 1.88. The van der Waals surface area contributed by atoms with Gasteiger partial charge in [-0.1, -0.05) is 12.1 Å². The molecule has 110 valence electrons. The van der Waals surface area contributed by atoms with Crippen LogP contribution in [0.1, 0.15) is 17.5 Å². The summed E-state index contributed by atoms with van der Waals surface area (Å²) in [6, 6.07) is 6.35. The SMILES string of the molecule is Cc1ccc(C)c(NCCC(=O)N2CCN(C)CC2)c1. The lowest BCUT2D eigenvalue weighted by Gasteiger charge is -2.32. The van der Waals surface area contributed by atoms with Crippen LogP contribution in [-0.4, -0.2) is 55.5 Å². The average molecular weight is 275 g/mol. The second kappa shape index (κ2) is 6.75. The number of hydrogen-bond acceptors (Lipinski definition) is 3. The highest BCUT2D eigenvalue weighted by molar-refractivity contribution is 5.77. The minimum absolute atomic E-state index is 0.260. The van der Waals surface area contributed by atoms with Crippen LogP contribution in [0.5, 0.6) is 0 Å². The third-order valence-electron chi connectivity index (χ3n) is 3.90. The maximum Gasteiger partial charge on any atom is 0.224 e. The number of aryl methyl sites for hydroxylation is 2. The monoisotopic (exact) mass is 275 g/mol. The van der Waals surface area contributed by atoms with E-state index in [-0.39, 0.29) is 5.91 Å². The van der Waals surface area contributed by atoms with Crippen molar-refractivity contribution in [1.29, 1.82) is 0 Å². The largest absolute Gasteiger partial charge is 0.384 e. The molecule has 1 aromatic carbocycles. The molecule has 1 aliphatic rings. The summed E-state index contributed by atoms with van der Waals surface area (Å²) in [4.78, 5) is 16.4. The summed E-state index contributed by atoms with van der Waals surface area (Å²) in [5.41, 5.74) is 3.60. The first-order valence-corrected chi connectivity index (χ1v) is 7.33. The zero-order chi connectivity index (χ0) is 14.5. The second-order valence-corrected chi connectivity index (χ2v) is 5.68. The number of piperazine rings is 1. The topological polar surface area (TPSA) is 35.6 Å². The minimum atomic E-state index is 0.260. The molecule has 1 aliphatic heterocycles. The first-order valence-electron chi connectivity index (χ1n) is 7.33. The molecule has 1 fully saturated rings. The van der Waals surface area contributed by atoms with Gasteiger partial charge in [-0.05, 0) is 38.1 Å². The Labute approximate surface area is 121 Å². The highest BCUT2D eigenvalue weighted by Crippen LogP contribution is 2.16. The van der Waals surface area contributed by atoms with Gasteiger partial charge in [-0.3, -0.25) is 4.79 Å². The number of amides is 1. The molecule has 1 N–H and O–H groups in total. The zero-order valence-electron chi connectivity index (χ0n) is 12.8. The number of nitrogens with zero attached hydrogens (tertiary/aromatic N) is 2. The number of nitrogens with one attached hydrogen (secondary N) is 1. The lowest BCUT2D eigenvalue weighted by molar-refractivity contribution is -0.132. The van der Waals surface area contributed by atoms with Crippen LogP contribution >= 0.6 is 0 Å². The number of likely N-dealkylation sites (N-methyl/N-ethyl adjacent to an activating group) is 1. The van der Waals surface area contributed by atoms with Gasteiger partial charge < -0.3 is 15.1 Å². The van der Waals surface area contributed by atoms with Gasteiger partial charge >= 0.3 is 0 Å². The Balaban J connectivity index is 1.78. The van der Waals surface area contributed by atoms with Crippen molar-refractivity contribution in [2.45, 2.75) is 20.3 Å². The van der Waals surface area contributed by atoms with Gasteiger partial charge in [-0.25, -0.2) is 0 Å². The molecule has 20 heavy (non-hydrogen) atoms. The molecular weight excluding hydrogens is 250 g/mol. The van der Waals surface area contributed by atoms with Gasteiger partial charge in [0.2, 0.25) is 5.91 Å². The summed E-state index contributed by atoms with van der Waals surface area (Å²) >= 11 is 0. The van der Waals surface area contributed by atoms with E-state index >= 15 is 0 Å². The van der Waals surface area contributed by atoms with Crippen LogP contribution in [0.25, 0.3) is 0 Å². The molecule has 1 heterocycles. The predicted molar refractivity (Wildman–Crippen MR) is 83.1 cm³/mol. The number of anilines is 1. The van der Waals surface area contributed by atoms with Gasteiger partial charge in [0.1, 0.15) is 0 Å². The maximum atomic E-state index is 12.1. The van der Waals surface area contributed by atoms with E-state index in [1.165, 1.54) is 11.1 Å². The molecule has 4 nitrogen and oxygen atoms in total. The molecule has 1 saturated heterocycles. The Bertz CT molecular complexity index is 465. The molecule has 2 rings (SSSR count). The third-order valence-corrected chi connectivity index (χ3v) is 3.90. The highest BCUT2D eigenvalue weighted by Gasteiger charge is 2.18. The fourth-order valence-electron chi connectivity index (χ4n) is 2.44.